The topological polar surface area (TPSA) is 216 Å². The summed E-state index contributed by atoms with van der Waals surface area (Å²) in [4.78, 5) is 13.0. The van der Waals surface area contributed by atoms with Crippen molar-refractivity contribution < 1.29 is 64.6 Å². The minimum Gasteiger partial charge on any atom is -0.481 e. The van der Waals surface area contributed by atoms with Crippen molar-refractivity contribution in [1.29, 1.82) is 0 Å². The highest BCUT2D eigenvalue weighted by molar-refractivity contribution is 5.76. The van der Waals surface area contributed by atoms with Crippen LogP contribution in [0.5, 0.6) is 0 Å². The summed E-state index contributed by atoms with van der Waals surface area (Å²) in [6, 6.07) is 0. The van der Waals surface area contributed by atoms with E-state index < -0.39 is 84.8 Å². The van der Waals surface area contributed by atoms with Gasteiger partial charge in [-0.15, -0.1) is 0 Å². The molecule has 6 fully saturated rings. The van der Waals surface area contributed by atoms with Gasteiger partial charge in [0.05, 0.1) is 31.3 Å². The lowest BCUT2D eigenvalue weighted by Crippen LogP contribution is -2.67. The average molecular weight is 767 g/mol. The van der Waals surface area contributed by atoms with Crippen molar-refractivity contribution in [2.75, 3.05) is 19.8 Å². The van der Waals surface area contributed by atoms with Crippen molar-refractivity contribution >= 4 is 5.97 Å². The number of carboxylic acids is 1. The number of rotatable bonds is 7. The zero-order valence-electron chi connectivity index (χ0n) is 32.9. The maximum atomic E-state index is 13.0. The molecule has 8 N–H and O–H groups in total. The lowest BCUT2D eigenvalue weighted by Gasteiger charge is -2.71. The highest BCUT2D eigenvalue weighted by atomic mass is 16.8. The van der Waals surface area contributed by atoms with Crippen LogP contribution in [0.25, 0.3) is 0 Å². The minimum atomic E-state index is -1.73. The summed E-state index contributed by atoms with van der Waals surface area (Å²) >= 11 is 0. The zero-order valence-corrected chi connectivity index (χ0v) is 32.9. The van der Waals surface area contributed by atoms with Crippen LogP contribution in [0.1, 0.15) is 106 Å². The van der Waals surface area contributed by atoms with E-state index in [1.54, 1.807) is 0 Å². The van der Waals surface area contributed by atoms with Crippen molar-refractivity contribution in [3.8, 4) is 0 Å². The van der Waals surface area contributed by atoms with Crippen LogP contribution in [-0.2, 0) is 23.7 Å². The second-order valence-corrected chi connectivity index (χ2v) is 20.1. The standard InChI is InChI=1S/C41H66O13/c1-36(2)13-15-41(35(49)50)16-14-39(5)21(22(41)17-36)7-8-26-37(3)11-10-27(38(4,20-43)25(37)9-12-40(26,39)6)53-34-32(28(45)23(44)19-51-34)54-33-31(48)30(47)29(46)24(18-42)52-33/h7,22-34,42-48H,8-20H2,1-6H3,(H,49,50)/t22-,23+,24+,25+,26+,27-,28-,29+,30-,31+,32+,33+,34-,37-,38-,39+,40+,41-/m0/s1. The molecule has 308 valence electrons. The molecule has 0 aromatic carbocycles. The van der Waals surface area contributed by atoms with Gasteiger partial charge in [0, 0.05) is 5.41 Å². The second-order valence-electron chi connectivity index (χ2n) is 20.1. The molecule has 4 saturated carbocycles. The summed E-state index contributed by atoms with van der Waals surface area (Å²) in [5.41, 5.74) is -0.367. The molecule has 2 aliphatic heterocycles. The number of aliphatic hydroxyl groups is 7. The Hall–Kier alpha value is -1.23. The van der Waals surface area contributed by atoms with E-state index in [1.807, 2.05) is 0 Å². The number of carbonyl (C=O) groups is 1. The molecule has 0 radical (unpaired) electrons. The van der Waals surface area contributed by atoms with E-state index in [0.717, 1.165) is 51.4 Å². The molecule has 2 saturated heterocycles. The van der Waals surface area contributed by atoms with E-state index in [9.17, 15) is 45.6 Å². The summed E-state index contributed by atoms with van der Waals surface area (Å²) in [5.74, 6) is -0.265. The number of hydrogen-bond acceptors (Lipinski definition) is 12. The van der Waals surface area contributed by atoms with Crippen molar-refractivity contribution in [2.24, 2.45) is 50.2 Å². The molecule has 0 amide bonds. The predicted molar refractivity (Wildman–Crippen MR) is 193 cm³/mol. The average Bonchev–Trinajstić information content (AvgIpc) is 3.12. The number of fused-ring (bicyclic) bond motifs is 7. The van der Waals surface area contributed by atoms with Gasteiger partial charge >= 0.3 is 5.97 Å². The molecule has 0 spiro atoms. The molecule has 0 aromatic rings. The number of carboxylic acid groups (broad SMARTS) is 1. The lowest BCUT2D eigenvalue weighted by atomic mass is 9.33. The maximum Gasteiger partial charge on any atom is 0.310 e. The quantitative estimate of drug-likeness (QED) is 0.138. The predicted octanol–water partition coefficient (Wildman–Crippen LogP) is 2.49. The van der Waals surface area contributed by atoms with Crippen LogP contribution in [0.3, 0.4) is 0 Å². The highest BCUT2D eigenvalue weighted by Gasteiger charge is 2.70. The Balaban J connectivity index is 1.15. The third-order valence-corrected chi connectivity index (χ3v) is 17.0. The van der Waals surface area contributed by atoms with Gasteiger partial charge in [0.1, 0.15) is 42.7 Å². The monoisotopic (exact) mass is 766 g/mol. The molecule has 2 heterocycles. The number of aliphatic hydroxyl groups excluding tert-OH is 7. The number of allylic oxidation sites excluding steroid dienone is 2. The van der Waals surface area contributed by atoms with Gasteiger partial charge in [0.2, 0.25) is 0 Å². The number of ether oxygens (including phenoxy) is 4. The third kappa shape index (κ3) is 5.92. The first-order valence-electron chi connectivity index (χ1n) is 20.4. The summed E-state index contributed by atoms with van der Waals surface area (Å²) in [6.45, 7) is 12.8. The Labute approximate surface area is 319 Å². The maximum absolute atomic E-state index is 13.0. The molecule has 18 atom stereocenters. The Morgan fingerprint density at radius 2 is 1.52 bits per heavy atom. The molecule has 13 nitrogen and oxygen atoms in total. The number of aliphatic carboxylic acids is 1. The molecule has 7 rings (SSSR count). The highest BCUT2D eigenvalue weighted by Crippen LogP contribution is 2.76. The molecular weight excluding hydrogens is 700 g/mol. The van der Waals surface area contributed by atoms with Crippen molar-refractivity contribution in [1.82, 2.24) is 0 Å². The zero-order chi connectivity index (χ0) is 39.4. The summed E-state index contributed by atoms with van der Waals surface area (Å²) in [5, 5.41) is 84.7. The molecule has 0 bridgehead atoms. The first-order chi connectivity index (χ1) is 25.2. The van der Waals surface area contributed by atoms with E-state index >= 15 is 0 Å². The summed E-state index contributed by atoms with van der Waals surface area (Å²) < 4.78 is 24.1. The van der Waals surface area contributed by atoms with Gasteiger partial charge in [-0.3, -0.25) is 4.79 Å². The van der Waals surface area contributed by atoms with Crippen LogP contribution >= 0.6 is 0 Å². The second kappa shape index (κ2) is 14.0. The smallest absolute Gasteiger partial charge is 0.310 e. The van der Waals surface area contributed by atoms with E-state index in [2.05, 4.69) is 47.6 Å². The minimum absolute atomic E-state index is 0.0233. The molecule has 5 aliphatic carbocycles. The van der Waals surface area contributed by atoms with Crippen molar-refractivity contribution in [3.05, 3.63) is 11.6 Å². The fraction of sp³-hybridized carbons (Fsp3) is 0.927. The molecule has 54 heavy (non-hydrogen) atoms. The van der Waals surface area contributed by atoms with Crippen LogP contribution in [-0.4, -0.2) is 128 Å². The lowest BCUT2D eigenvalue weighted by molar-refractivity contribution is -0.368. The van der Waals surface area contributed by atoms with E-state index in [-0.39, 0.29) is 46.7 Å². The van der Waals surface area contributed by atoms with Crippen LogP contribution in [0, 0.1) is 50.2 Å². The van der Waals surface area contributed by atoms with Gasteiger partial charge < -0.3 is 59.8 Å². The van der Waals surface area contributed by atoms with Gasteiger partial charge in [-0.25, -0.2) is 0 Å². The molecular formula is C41H66O13. The summed E-state index contributed by atoms with van der Waals surface area (Å²) in [6.07, 6.45) is -3.32. The first-order valence-corrected chi connectivity index (χ1v) is 20.4. The fourth-order valence-corrected chi connectivity index (χ4v) is 13.4. The van der Waals surface area contributed by atoms with Gasteiger partial charge in [-0.1, -0.05) is 53.2 Å². The Bertz CT molecular complexity index is 1450. The third-order valence-electron chi connectivity index (χ3n) is 17.0. The first kappa shape index (κ1) is 40.9. The van der Waals surface area contributed by atoms with Crippen LogP contribution in [0.15, 0.2) is 11.6 Å². The van der Waals surface area contributed by atoms with Crippen molar-refractivity contribution in [3.63, 3.8) is 0 Å². The largest absolute Gasteiger partial charge is 0.481 e. The normalized spacial score (nSPS) is 54.3. The van der Waals surface area contributed by atoms with Crippen LogP contribution in [0.4, 0.5) is 0 Å². The molecule has 13 heteroatoms. The Kier molecular flexibility index (Phi) is 10.6. The Morgan fingerprint density at radius 1 is 0.815 bits per heavy atom. The molecule has 0 unspecified atom stereocenters. The van der Waals surface area contributed by atoms with E-state index in [0.29, 0.717) is 18.8 Å². The van der Waals surface area contributed by atoms with Gasteiger partial charge in [0.15, 0.2) is 12.6 Å². The van der Waals surface area contributed by atoms with Crippen molar-refractivity contribution in [2.45, 2.75) is 167 Å². The van der Waals surface area contributed by atoms with Crippen LogP contribution in [0.2, 0.25) is 0 Å². The van der Waals surface area contributed by atoms with Gasteiger partial charge in [-0.05, 0) is 104 Å². The van der Waals surface area contributed by atoms with E-state index in [1.165, 1.54) is 5.57 Å². The SMILES string of the molecule is CC1(C)CC[C@]2(C(=O)O)CC[C@]3(C)C(=CC[C@@H]4[C@@]5(C)CC[C@H](O[C@@H]6OC[C@@H](O)[C@H](O)[C@H]6O[C@H]6O[C@H](CO)[C@@H](O)[C@H](O)[C@H]6O)[C@@](C)(CO)[C@@H]5CC[C@]43C)[C@@H]2C1. The molecule has 7 aliphatic rings. The van der Waals surface area contributed by atoms with Gasteiger partial charge in [0.25, 0.3) is 0 Å². The summed E-state index contributed by atoms with van der Waals surface area (Å²) in [7, 11) is 0. The van der Waals surface area contributed by atoms with Gasteiger partial charge in [-0.2, -0.15) is 0 Å². The van der Waals surface area contributed by atoms with Crippen LogP contribution < -0.4 is 0 Å². The van der Waals surface area contributed by atoms with E-state index in [4.69, 9.17) is 18.9 Å². The fourth-order valence-electron chi connectivity index (χ4n) is 13.4. The Morgan fingerprint density at radius 3 is 2.19 bits per heavy atom. The number of hydrogen-bond donors (Lipinski definition) is 8. The molecule has 0 aromatic heterocycles.